The normalized spacial score (nSPS) is 15.5. The van der Waals surface area contributed by atoms with Crippen LogP contribution in [0.1, 0.15) is 18.4 Å². The molecule has 2 aromatic rings. The minimum absolute atomic E-state index is 0. The van der Waals surface area contributed by atoms with Crippen molar-refractivity contribution in [3.05, 3.63) is 53.0 Å². The van der Waals surface area contributed by atoms with E-state index in [9.17, 15) is 0 Å². The van der Waals surface area contributed by atoms with Crippen molar-refractivity contribution in [1.29, 1.82) is 0 Å². The van der Waals surface area contributed by atoms with Crippen molar-refractivity contribution in [2.75, 3.05) is 20.1 Å². The van der Waals surface area contributed by atoms with Crippen LogP contribution < -0.4 is 10.6 Å². The molecule has 1 fully saturated rings. The van der Waals surface area contributed by atoms with Crippen LogP contribution in [0.25, 0.3) is 0 Å². The number of rotatable bonds is 6. The smallest absolute Gasteiger partial charge is 0.191 e. The average molecular weight is 504 g/mol. The summed E-state index contributed by atoms with van der Waals surface area (Å²) in [6.07, 6.45) is 8.01. The summed E-state index contributed by atoms with van der Waals surface area (Å²) in [7, 11) is 1.81. The highest BCUT2D eigenvalue weighted by Gasteiger charge is 2.45. The second-order valence-corrected chi connectivity index (χ2v) is 6.77. The van der Waals surface area contributed by atoms with E-state index in [-0.39, 0.29) is 29.4 Å². The molecule has 5 nitrogen and oxygen atoms in total. The van der Waals surface area contributed by atoms with E-state index in [0.717, 1.165) is 25.6 Å². The van der Waals surface area contributed by atoms with Crippen LogP contribution in [0.2, 0.25) is 0 Å². The van der Waals surface area contributed by atoms with E-state index in [0.29, 0.717) is 0 Å². The van der Waals surface area contributed by atoms with Crippen LogP contribution in [0.15, 0.2) is 52.5 Å². The quantitative estimate of drug-likeness (QED) is 0.361. The fraction of sp³-hybridized carbons (Fsp3) is 0.412. The van der Waals surface area contributed by atoms with Crippen LogP contribution in [-0.4, -0.2) is 35.6 Å². The molecule has 1 aromatic heterocycles. The molecule has 0 radical (unpaired) electrons. The van der Waals surface area contributed by atoms with E-state index < -0.39 is 0 Å². The Bertz CT molecular complexity index is 667. The molecule has 0 spiro atoms. The zero-order valence-electron chi connectivity index (χ0n) is 13.7. The number of hydrogen-bond acceptors (Lipinski definition) is 2. The lowest BCUT2D eigenvalue weighted by Gasteiger charge is -2.20. The lowest BCUT2D eigenvalue weighted by atomic mass is 9.96. The molecule has 0 bridgehead atoms. The Morgan fingerprint density at radius 1 is 1.33 bits per heavy atom. The van der Waals surface area contributed by atoms with Gasteiger partial charge in [-0.3, -0.25) is 4.99 Å². The Hall–Kier alpha value is -1.09. The number of imidazole rings is 1. The molecule has 7 heteroatoms. The summed E-state index contributed by atoms with van der Waals surface area (Å²) in [4.78, 5) is 8.36. The van der Waals surface area contributed by atoms with Gasteiger partial charge in [-0.1, -0.05) is 34.1 Å². The second-order valence-electron chi connectivity index (χ2n) is 5.91. The topological polar surface area (TPSA) is 54.2 Å². The zero-order valence-corrected chi connectivity index (χ0v) is 17.6. The fourth-order valence-corrected chi connectivity index (χ4v) is 3.48. The number of guanidine groups is 1. The summed E-state index contributed by atoms with van der Waals surface area (Å²) in [6, 6.07) is 8.51. The standard InChI is InChI=1S/C17H22BrN5.HI/c1-19-16(21-9-11-23-10-8-20-13-23)22-12-17(6-7-17)14-4-2-3-5-15(14)18;/h2-5,8,10,13H,6-7,9,11-12H2,1H3,(H2,19,21,22);1H. The first-order valence-corrected chi connectivity index (χ1v) is 8.68. The Morgan fingerprint density at radius 3 is 2.75 bits per heavy atom. The van der Waals surface area contributed by atoms with E-state index in [1.54, 1.807) is 6.20 Å². The number of aliphatic imine (C=N–C) groups is 1. The zero-order chi connectivity index (χ0) is 16.1. The molecule has 0 aliphatic heterocycles. The molecule has 130 valence electrons. The number of nitrogens with zero attached hydrogens (tertiary/aromatic N) is 3. The SMILES string of the molecule is CN=C(NCCn1ccnc1)NCC1(c2ccccc2Br)CC1.I. The Balaban J connectivity index is 0.00000208. The molecule has 2 N–H and O–H groups in total. The maximum Gasteiger partial charge on any atom is 0.191 e. The third kappa shape index (κ3) is 4.72. The molecule has 1 heterocycles. The molecule has 1 aromatic carbocycles. The van der Waals surface area contributed by atoms with E-state index in [2.05, 4.69) is 60.8 Å². The monoisotopic (exact) mass is 503 g/mol. The van der Waals surface area contributed by atoms with Crippen molar-refractivity contribution in [2.24, 2.45) is 4.99 Å². The third-order valence-corrected chi connectivity index (χ3v) is 5.03. The highest BCUT2D eigenvalue weighted by atomic mass is 127. The van der Waals surface area contributed by atoms with E-state index >= 15 is 0 Å². The molecule has 24 heavy (non-hydrogen) atoms. The predicted molar refractivity (Wildman–Crippen MR) is 112 cm³/mol. The van der Waals surface area contributed by atoms with Crippen LogP contribution in [0.4, 0.5) is 0 Å². The molecule has 0 amide bonds. The molecule has 1 aliphatic rings. The largest absolute Gasteiger partial charge is 0.356 e. The van der Waals surface area contributed by atoms with Crippen LogP contribution in [0, 0.1) is 0 Å². The first kappa shape index (κ1) is 19.2. The van der Waals surface area contributed by atoms with Crippen LogP contribution in [0.5, 0.6) is 0 Å². The van der Waals surface area contributed by atoms with Gasteiger partial charge in [-0.25, -0.2) is 4.98 Å². The maximum atomic E-state index is 4.31. The first-order valence-electron chi connectivity index (χ1n) is 7.89. The predicted octanol–water partition coefficient (Wildman–Crippen LogP) is 3.16. The summed E-state index contributed by atoms with van der Waals surface area (Å²) in [5.74, 6) is 0.850. The minimum atomic E-state index is 0. The summed E-state index contributed by atoms with van der Waals surface area (Å²) in [5.41, 5.74) is 1.63. The van der Waals surface area contributed by atoms with Gasteiger partial charge in [0.15, 0.2) is 5.96 Å². The molecule has 1 saturated carbocycles. The summed E-state index contributed by atoms with van der Waals surface area (Å²) in [5, 5.41) is 6.82. The molecule has 0 unspecified atom stereocenters. The molecule has 0 saturated heterocycles. The lowest BCUT2D eigenvalue weighted by Crippen LogP contribution is -2.42. The van der Waals surface area contributed by atoms with Crippen molar-refractivity contribution in [3.8, 4) is 0 Å². The van der Waals surface area contributed by atoms with E-state index in [4.69, 9.17) is 0 Å². The highest BCUT2D eigenvalue weighted by molar-refractivity contribution is 14.0. The number of benzene rings is 1. The Morgan fingerprint density at radius 2 is 2.12 bits per heavy atom. The molecule has 3 rings (SSSR count). The Kier molecular flexibility index (Phi) is 7.09. The lowest BCUT2D eigenvalue weighted by molar-refractivity contribution is 0.626. The van der Waals surface area contributed by atoms with Crippen molar-refractivity contribution >= 4 is 45.9 Å². The van der Waals surface area contributed by atoms with E-state index in [1.807, 2.05) is 24.1 Å². The second kappa shape index (κ2) is 8.84. The van der Waals surface area contributed by atoms with Crippen LogP contribution >= 0.6 is 39.9 Å². The molecule has 0 atom stereocenters. The number of halogens is 2. The van der Waals surface area contributed by atoms with Gasteiger partial charge in [-0.05, 0) is 24.5 Å². The third-order valence-electron chi connectivity index (χ3n) is 4.34. The van der Waals surface area contributed by atoms with Crippen molar-refractivity contribution < 1.29 is 0 Å². The molecule has 1 aliphatic carbocycles. The van der Waals surface area contributed by atoms with Gasteiger partial charge in [0.1, 0.15) is 0 Å². The molecular weight excluding hydrogens is 481 g/mol. The average Bonchev–Trinajstić information content (AvgIpc) is 3.17. The van der Waals surface area contributed by atoms with Gasteiger partial charge in [-0.15, -0.1) is 24.0 Å². The van der Waals surface area contributed by atoms with Gasteiger partial charge in [0.05, 0.1) is 6.33 Å². The van der Waals surface area contributed by atoms with Crippen molar-refractivity contribution in [1.82, 2.24) is 20.2 Å². The molecular formula is C17H23BrIN5. The maximum absolute atomic E-state index is 4.31. The van der Waals surface area contributed by atoms with Crippen LogP contribution in [0.3, 0.4) is 0 Å². The van der Waals surface area contributed by atoms with Gasteiger partial charge >= 0.3 is 0 Å². The minimum Gasteiger partial charge on any atom is -0.356 e. The summed E-state index contributed by atoms with van der Waals surface area (Å²) >= 11 is 3.68. The summed E-state index contributed by atoms with van der Waals surface area (Å²) < 4.78 is 3.24. The van der Waals surface area contributed by atoms with Crippen molar-refractivity contribution in [3.63, 3.8) is 0 Å². The van der Waals surface area contributed by atoms with Gasteiger partial charge in [0.25, 0.3) is 0 Å². The number of nitrogens with one attached hydrogen (secondary N) is 2. The Labute approximate surface area is 168 Å². The number of aromatic nitrogens is 2. The fourth-order valence-electron chi connectivity index (χ4n) is 2.78. The summed E-state index contributed by atoms with van der Waals surface area (Å²) in [6.45, 7) is 2.59. The van der Waals surface area contributed by atoms with Gasteiger partial charge in [-0.2, -0.15) is 0 Å². The van der Waals surface area contributed by atoms with Crippen LogP contribution in [-0.2, 0) is 12.0 Å². The van der Waals surface area contributed by atoms with Gasteiger partial charge in [0.2, 0.25) is 0 Å². The van der Waals surface area contributed by atoms with Gasteiger partial charge in [0, 0.05) is 49.0 Å². The van der Waals surface area contributed by atoms with Gasteiger partial charge < -0.3 is 15.2 Å². The first-order chi connectivity index (χ1) is 11.2. The highest BCUT2D eigenvalue weighted by Crippen LogP contribution is 2.49. The van der Waals surface area contributed by atoms with E-state index in [1.165, 1.54) is 22.9 Å². The number of hydrogen-bond donors (Lipinski definition) is 2. The van der Waals surface area contributed by atoms with Crippen molar-refractivity contribution in [2.45, 2.75) is 24.8 Å².